The summed E-state index contributed by atoms with van der Waals surface area (Å²) in [4.78, 5) is 2.22. The number of nitrogens with zero attached hydrogens (tertiary/aromatic N) is 2. The monoisotopic (exact) mass is 275 g/mol. The van der Waals surface area contributed by atoms with Crippen molar-refractivity contribution >= 4 is 0 Å². The molecule has 1 aliphatic heterocycles. The van der Waals surface area contributed by atoms with E-state index in [4.69, 9.17) is 10.00 Å². The van der Waals surface area contributed by atoms with E-state index in [1.165, 1.54) is 0 Å². The zero-order chi connectivity index (χ0) is 14.2. The molecule has 0 amide bonds. The van der Waals surface area contributed by atoms with E-state index >= 15 is 0 Å². The summed E-state index contributed by atoms with van der Waals surface area (Å²) < 4.78 is 5.28. The number of aliphatic hydroxyl groups excluding tert-OH is 1. The standard InChI is InChI=1S/C15H21N3O2/c16-9-13-1-3-14(4-2-13)10-17-11-15(19)12-18-5-7-20-8-6-18/h1-4,15,17,19H,5-8,10-12H2. The second-order valence-corrected chi connectivity index (χ2v) is 5.01. The van der Waals surface area contributed by atoms with Crippen molar-refractivity contribution in [1.82, 2.24) is 10.2 Å². The molecule has 5 heteroatoms. The van der Waals surface area contributed by atoms with Crippen molar-refractivity contribution in [2.75, 3.05) is 39.4 Å². The van der Waals surface area contributed by atoms with E-state index in [0.717, 1.165) is 31.9 Å². The Morgan fingerprint density at radius 3 is 2.65 bits per heavy atom. The highest BCUT2D eigenvalue weighted by molar-refractivity contribution is 5.31. The molecule has 1 aromatic rings. The van der Waals surface area contributed by atoms with Crippen molar-refractivity contribution in [2.45, 2.75) is 12.6 Å². The number of ether oxygens (including phenoxy) is 1. The second kappa shape index (κ2) is 7.98. The summed E-state index contributed by atoms with van der Waals surface area (Å²) in [7, 11) is 0. The Labute approximate surface area is 119 Å². The van der Waals surface area contributed by atoms with Crippen molar-refractivity contribution in [3.05, 3.63) is 35.4 Å². The van der Waals surface area contributed by atoms with Crippen molar-refractivity contribution in [2.24, 2.45) is 0 Å². The molecule has 5 nitrogen and oxygen atoms in total. The lowest BCUT2D eigenvalue weighted by Crippen LogP contribution is -2.43. The first kappa shape index (κ1) is 14.9. The predicted octanol–water partition coefficient (Wildman–Crippen LogP) is 0.341. The van der Waals surface area contributed by atoms with Gasteiger partial charge in [0.25, 0.3) is 0 Å². The molecule has 0 saturated carbocycles. The minimum atomic E-state index is -0.369. The van der Waals surface area contributed by atoms with E-state index in [1.807, 2.05) is 12.1 Å². The van der Waals surface area contributed by atoms with Gasteiger partial charge in [-0.2, -0.15) is 5.26 Å². The Hall–Kier alpha value is -1.45. The molecule has 0 spiro atoms. The van der Waals surface area contributed by atoms with Crippen molar-refractivity contribution in [3.8, 4) is 6.07 Å². The molecule has 20 heavy (non-hydrogen) atoms. The van der Waals surface area contributed by atoms with Crippen LogP contribution in [0.15, 0.2) is 24.3 Å². The fourth-order valence-corrected chi connectivity index (χ4v) is 2.23. The molecule has 1 fully saturated rings. The van der Waals surface area contributed by atoms with Crippen LogP contribution in [0.3, 0.4) is 0 Å². The van der Waals surface area contributed by atoms with Gasteiger partial charge >= 0.3 is 0 Å². The molecule has 1 aliphatic rings. The van der Waals surface area contributed by atoms with Crippen molar-refractivity contribution < 1.29 is 9.84 Å². The fraction of sp³-hybridized carbons (Fsp3) is 0.533. The molecule has 0 bridgehead atoms. The SMILES string of the molecule is N#Cc1ccc(CNCC(O)CN2CCOCC2)cc1. The Balaban J connectivity index is 1.65. The number of rotatable bonds is 6. The molecular formula is C15H21N3O2. The predicted molar refractivity (Wildman–Crippen MR) is 76.1 cm³/mol. The van der Waals surface area contributed by atoms with E-state index in [0.29, 0.717) is 25.2 Å². The maximum atomic E-state index is 9.97. The van der Waals surface area contributed by atoms with Crippen LogP contribution in [0, 0.1) is 11.3 Å². The van der Waals surface area contributed by atoms with Gasteiger partial charge in [-0.15, -0.1) is 0 Å². The highest BCUT2D eigenvalue weighted by atomic mass is 16.5. The largest absolute Gasteiger partial charge is 0.390 e. The van der Waals surface area contributed by atoms with E-state index in [2.05, 4.69) is 16.3 Å². The van der Waals surface area contributed by atoms with Gasteiger partial charge in [0.1, 0.15) is 0 Å². The van der Waals surface area contributed by atoms with E-state index in [-0.39, 0.29) is 6.10 Å². The summed E-state index contributed by atoms with van der Waals surface area (Å²) in [5.41, 5.74) is 1.78. The summed E-state index contributed by atoms with van der Waals surface area (Å²) in [6, 6.07) is 9.57. The van der Waals surface area contributed by atoms with Crippen LogP contribution in [-0.4, -0.2) is 55.5 Å². The van der Waals surface area contributed by atoms with Crippen molar-refractivity contribution in [1.29, 1.82) is 5.26 Å². The second-order valence-electron chi connectivity index (χ2n) is 5.01. The van der Waals surface area contributed by atoms with Gasteiger partial charge in [0.15, 0.2) is 0 Å². The van der Waals surface area contributed by atoms with Crippen LogP contribution >= 0.6 is 0 Å². The average molecular weight is 275 g/mol. The molecule has 2 rings (SSSR count). The first-order valence-corrected chi connectivity index (χ1v) is 6.96. The Bertz CT molecular complexity index is 435. The van der Waals surface area contributed by atoms with E-state index in [1.54, 1.807) is 12.1 Å². The quantitative estimate of drug-likeness (QED) is 0.783. The Morgan fingerprint density at radius 2 is 2.00 bits per heavy atom. The normalized spacial score (nSPS) is 17.6. The van der Waals surface area contributed by atoms with Crippen LogP contribution in [0.4, 0.5) is 0 Å². The highest BCUT2D eigenvalue weighted by Gasteiger charge is 2.14. The third kappa shape index (κ3) is 4.91. The number of hydrogen-bond acceptors (Lipinski definition) is 5. The van der Waals surface area contributed by atoms with Crippen LogP contribution in [0.1, 0.15) is 11.1 Å². The maximum Gasteiger partial charge on any atom is 0.0991 e. The Kier molecular flexibility index (Phi) is 5.96. The van der Waals surface area contributed by atoms with Gasteiger partial charge < -0.3 is 15.2 Å². The van der Waals surface area contributed by atoms with Gasteiger partial charge in [-0.25, -0.2) is 0 Å². The molecule has 108 valence electrons. The maximum absolute atomic E-state index is 9.97. The van der Waals surface area contributed by atoms with E-state index < -0.39 is 0 Å². The molecule has 1 saturated heterocycles. The van der Waals surface area contributed by atoms with Crippen LogP contribution in [0.2, 0.25) is 0 Å². The minimum absolute atomic E-state index is 0.369. The summed E-state index contributed by atoms with van der Waals surface area (Å²) in [5.74, 6) is 0. The third-order valence-electron chi connectivity index (χ3n) is 3.36. The molecule has 1 unspecified atom stereocenters. The molecule has 1 aromatic carbocycles. The summed E-state index contributed by atoms with van der Waals surface area (Å²) in [6.07, 6.45) is -0.369. The number of benzene rings is 1. The first-order chi connectivity index (χ1) is 9.78. The molecule has 1 heterocycles. The minimum Gasteiger partial charge on any atom is -0.390 e. The van der Waals surface area contributed by atoms with Gasteiger partial charge in [-0.05, 0) is 17.7 Å². The number of β-amino-alcohol motifs (C(OH)–C–C–N with tert-alkyl or cyclic N) is 1. The first-order valence-electron chi connectivity index (χ1n) is 6.96. The Morgan fingerprint density at radius 1 is 1.30 bits per heavy atom. The average Bonchev–Trinajstić information content (AvgIpc) is 2.49. The molecule has 2 N–H and O–H groups in total. The molecule has 0 radical (unpaired) electrons. The van der Waals surface area contributed by atoms with E-state index in [9.17, 15) is 5.11 Å². The lowest BCUT2D eigenvalue weighted by atomic mass is 10.1. The van der Waals surface area contributed by atoms with Crippen LogP contribution in [0.5, 0.6) is 0 Å². The van der Waals surface area contributed by atoms with Gasteiger partial charge in [0.05, 0.1) is 31.0 Å². The number of morpholine rings is 1. The lowest BCUT2D eigenvalue weighted by Gasteiger charge is -2.28. The number of nitriles is 1. The molecule has 1 atom stereocenters. The number of nitrogens with one attached hydrogen (secondary N) is 1. The zero-order valence-corrected chi connectivity index (χ0v) is 11.6. The van der Waals surface area contributed by atoms with Gasteiger partial charge in [0, 0.05) is 32.7 Å². The van der Waals surface area contributed by atoms with Crippen LogP contribution in [0.25, 0.3) is 0 Å². The lowest BCUT2D eigenvalue weighted by molar-refractivity contribution is 0.0149. The molecule has 0 aliphatic carbocycles. The topological polar surface area (TPSA) is 68.5 Å². The highest BCUT2D eigenvalue weighted by Crippen LogP contribution is 2.03. The summed E-state index contributed by atoms with van der Waals surface area (Å²) in [5, 5.41) is 21.9. The van der Waals surface area contributed by atoms with Crippen LogP contribution in [-0.2, 0) is 11.3 Å². The van der Waals surface area contributed by atoms with Gasteiger partial charge in [-0.1, -0.05) is 12.1 Å². The summed E-state index contributed by atoms with van der Waals surface area (Å²) in [6.45, 7) is 5.25. The van der Waals surface area contributed by atoms with Crippen molar-refractivity contribution in [3.63, 3.8) is 0 Å². The molecule has 0 aromatic heterocycles. The molecular weight excluding hydrogens is 254 g/mol. The van der Waals surface area contributed by atoms with Crippen LogP contribution < -0.4 is 5.32 Å². The van der Waals surface area contributed by atoms with Gasteiger partial charge in [-0.3, -0.25) is 4.90 Å². The fourth-order valence-electron chi connectivity index (χ4n) is 2.23. The number of hydrogen-bond donors (Lipinski definition) is 2. The summed E-state index contributed by atoms with van der Waals surface area (Å²) >= 11 is 0. The zero-order valence-electron chi connectivity index (χ0n) is 11.6. The smallest absolute Gasteiger partial charge is 0.0991 e. The number of aliphatic hydroxyl groups is 1. The van der Waals surface area contributed by atoms with Gasteiger partial charge in [0.2, 0.25) is 0 Å². The third-order valence-corrected chi connectivity index (χ3v) is 3.36.